The van der Waals surface area contributed by atoms with Crippen LogP contribution in [0.4, 0.5) is 0 Å². The number of unbranched alkanes of at least 4 members (excludes halogenated alkanes) is 3. The number of aliphatic hydroxyl groups excluding tert-OH is 1. The van der Waals surface area contributed by atoms with Crippen LogP contribution in [0.3, 0.4) is 0 Å². The van der Waals surface area contributed by atoms with Crippen molar-refractivity contribution in [3.8, 4) is 0 Å². The van der Waals surface area contributed by atoms with Crippen LogP contribution in [-0.2, 0) is 9.59 Å². The van der Waals surface area contributed by atoms with Gasteiger partial charge in [0.1, 0.15) is 0 Å². The van der Waals surface area contributed by atoms with Crippen molar-refractivity contribution in [2.75, 3.05) is 0 Å². The second-order valence-electron chi connectivity index (χ2n) is 6.12. The van der Waals surface area contributed by atoms with E-state index in [0.717, 1.165) is 12.8 Å². The van der Waals surface area contributed by atoms with Crippen molar-refractivity contribution in [3.63, 3.8) is 0 Å². The third-order valence-corrected chi connectivity index (χ3v) is 3.83. The van der Waals surface area contributed by atoms with Gasteiger partial charge in [0, 0.05) is 6.42 Å². The molecule has 0 saturated carbocycles. The Bertz CT molecular complexity index is 503. The van der Waals surface area contributed by atoms with Gasteiger partial charge in [-0.1, -0.05) is 68.4 Å². The van der Waals surface area contributed by atoms with Gasteiger partial charge in [0.2, 0.25) is 0 Å². The quantitative estimate of drug-likeness (QED) is 0.226. The predicted molar refractivity (Wildman–Crippen MR) is 104 cm³/mol. The number of carboxylic acid groups (broad SMARTS) is 2. The average molecular weight is 364 g/mol. The summed E-state index contributed by atoms with van der Waals surface area (Å²) >= 11 is 0. The number of rotatable bonds is 15. The van der Waals surface area contributed by atoms with E-state index in [1.807, 2.05) is 18.2 Å². The molecule has 0 rings (SSSR count). The van der Waals surface area contributed by atoms with Crippen molar-refractivity contribution < 1.29 is 24.9 Å². The minimum absolute atomic E-state index is 0.0992. The highest BCUT2D eigenvalue weighted by Crippen LogP contribution is 2.15. The standard InChI is InChI=1S/C21H32O5/c1-2-3-4-5-6-7-8-9-10-11-12-13-16-19(22)18(21(25)26)15-14-17-20(23)24/h6-7,9-13,16,18-19,22H,2-5,8,14-15,17H2,1H3,(H,23,24)(H,25,26)/b7-6-,10-9+,12-11+,16-13+/t18-,19-/m1/s1. The van der Waals surface area contributed by atoms with Gasteiger partial charge >= 0.3 is 11.9 Å². The summed E-state index contributed by atoms with van der Waals surface area (Å²) in [6.45, 7) is 2.19. The van der Waals surface area contributed by atoms with Crippen LogP contribution in [0.2, 0.25) is 0 Å². The lowest BCUT2D eigenvalue weighted by atomic mass is 9.95. The molecule has 0 spiro atoms. The Labute approximate surface area is 156 Å². The van der Waals surface area contributed by atoms with E-state index in [9.17, 15) is 14.7 Å². The Morgan fingerprint density at radius 1 is 0.923 bits per heavy atom. The smallest absolute Gasteiger partial charge is 0.309 e. The summed E-state index contributed by atoms with van der Waals surface area (Å²) in [6, 6.07) is 0. The number of allylic oxidation sites excluding steroid dienone is 7. The summed E-state index contributed by atoms with van der Waals surface area (Å²) in [4.78, 5) is 21.6. The van der Waals surface area contributed by atoms with E-state index in [2.05, 4.69) is 19.1 Å². The zero-order valence-corrected chi connectivity index (χ0v) is 15.6. The molecule has 0 radical (unpaired) electrons. The van der Waals surface area contributed by atoms with Crippen molar-refractivity contribution in [2.24, 2.45) is 5.92 Å². The first-order valence-corrected chi connectivity index (χ1v) is 9.26. The molecule has 2 atom stereocenters. The Morgan fingerprint density at radius 3 is 2.31 bits per heavy atom. The molecule has 0 heterocycles. The number of carbonyl (C=O) groups is 2. The van der Waals surface area contributed by atoms with Gasteiger partial charge in [-0.2, -0.15) is 0 Å². The summed E-state index contributed by atoms with van der Waals surface area (Å²) in [5, 5.41) is 27.6. The fourth-order valence-electron chi connectivity index (χ4n) is 2.32. The van der Waals surface area contributed by atoms with E-state index >= 15 is 0 Å². The molecule has 0 aromatic carbocycles. The zero-order chi connectivity index (χ0) is 19.6. The summed E-state index contributed by atoms with van der Waals surface area (Å²) in [6.07, 6.45) is 19.6. The summed E-state index contributed by atoms with van der Waals surface area (Å²) < 4.78 is 0. The van der Waals surface area contributed by atoms with Gasteiger partial charge < -0.3 is 15.3 Å². The normalized spacial score (nSPS) is 14.7. The minimum Gasteiger partial charge on any atom is -0.481 e. The van der Waals surface area contributed by atoms with E-state index in [1.165, 1.54) is 25.3 Å². The first-order valence-electron chi connectivity index (χ1n) is 9.26. The lowest BCUT2D eigenvalue weighted by Crippen LogP contribution is -2.26. The van der Waals surface area contributed by atoms with Gasteiger partial charge in [0.25, 0.3) is 0 Å². The van der Waals surface area contributed by atoms with Crippen LogP contribution in [0, 0.1) is 5.92 Å². The number of hydrogen-bond acceptors (Lipinski definition) is 3. The maximum atomic E-state index is 11.2. The summed E-state index contributed by atoms with van der Waals surface area (Å²) in [5.41, 5.74) is 0. The highest BCUT2D eigenvalue weighted by molar-refractivity contribution is 5.71. The van der Waals surface area contributed by atoms with Crippen LogP contribution in [0.5, 0.6) is 0 Å². The molecule has 0 aliphatic rings. The molecular formula is C21H32O5. The molecule has 0 fully saturated rings. The van der Waals surface area contributed by atoms with Crippen LogP contribution in [0.1, 0.15) is 58.3 Å². The predicted octanol–water partition coefficient (Wildman–Crippen LogP) is 4.50. The fraction of sp³-hybridized carbons (Fsp3) is 0.524. The highest BCUT2D eigenvalue weighted by atomic mass is 16.4. The molecule has 0 aromatic heterocycles. The molecule has 0 aliphatic heterocycles. The average Bonchev–Trinajstić information content (AvgIpc) is 2.59. The summed E-state index contributed by atoms with van der Waals surface area (Å²) in [7, 11) is 0. The minimum atomic E-state index is -1.14. The van der Waals surface area contributed by atoms with E-state index in [0.29, 0.717) is 0 Å². The molecule has 0 aliphatic carbocycles. The van der Waals surface area contributed by atoms with Gasteiger partial charge in [-0.25, -0.2) is 0 Å². The van der Waals surface area contributed by atoms with Crippen molar-refractivity contribution in [3.05, 3.63) is 48.6 Å². The highest BCUT2D eigenvalue weighted by Gasteiger charge is 2.24. The molecule has 146 valence electrons. The number of carboxylic acids is 2. The zero-order valence-electron chi connectivity index (χ0n) is 15.6. The second-order valence-corrected chi connectivity index (χ2v) is 6.12. The molecule has 5 heteroatoms. The Balaban J connectivity index is 4.14. The summed E-state index contributed by atoms with van der Waals surface area (Å²) in [5.74, 6) is -3.08. The van der Waals surface area contributed by atoms with Gasteiger partial charge in [0.05, 0.1) is 12.0 Å². The van der Waals surface area contributed by atoms with E-state index < -0.39 is 24.0 Å². The number of aliphatic carboxylic acids is 2. The maximum absolute atomic E-state index is 11.2. The van der Waals surface area contributed by atoms with Crippen molar-refractivity contribution in [1.82, 2.24) is 0 Å². The fourth-order valence-corrected chi connectivity index (χ4v) is 2.32. The Hall–Kier alpha value is -2.14. The van der Waals surface area contributed by atoms with Gasteiger partial charge in [-0.05, 0) is 32.1 Å². The van der Waals surface area contributed by atoms with Crippen LogP contribution in [-0.4, -0.2) is 33.4 Å². The molecule has 5 nitrogen and oxygen atoms in total. The second kappa shape index (κ2) is 16.3. The van der Waals surface area contributed by atoms with E-state index in [1.54, 1.807) is 12.2 Å². The Kier molecular flexibility index (Phi) is 15.0. The molecule has 3 N–H and O–H groups in total. The van der Waals surface area contributed by atoms with E-state index in [4.69, 9.17) is 10.2 Å². The van der Waals surface area contributed by atoms with Gasteiger partial charge in [-0.3, -0.25) is 9.59 Å². The Morgan fingerprint density at radius 2 is 1.65 bits per heavy atom. The SMILES string of the molecule is CCCCC/C=C\C/C=C/C=C/C=C/[C@@H](O)[C@@H](CCCC(=O)O)C(=O)O. The molecule has 0 unspecified atom stereocenters. The first kappa shape index (κ1) is 23.9. The lowest BCUT2D eigenvalue weighted by Gasteiger charge is -2.15. The number of aliphatic hydroxyl groups is 1. The molecule has 0 saturated heterocycles. The van der Waals surface area contributed by atoms with E-state index in [-0.39, 0.29) is 19.3 Å². The maximum Gasteiger partial charge on any atom is 0.309 e. The van der Waals surface area contributed by atoms with Crippen molar-refractivity contribution in [1.29, 1.82) is 0 Å². The third kappa shape index (κ3) is 14.2. The van der Waals surface area contributed by atoms with Crippen LogP contribution < -0.4 is 0 Å². The first-order chi connectivity index (χ1) is 12.5. The molecule has 26 heavy (non-hydrogen) atoms. The third-order valence-electron chi connectivity index (χ3n) is 3.83. The van der Waals surface area contributed by atoms with Crippen LogP contribution in [0.15, 0.2) is 48.6 Å². The molecular weight excluding hydrogens is 332 g/mol. The lowest BCUT2D eigenvalue weighted by molar-refractivity contribution is -0.145. The topological polar surface area (TPSA) is 94.8 Å². The van der Waals surface area contributed by atoms with Crippen LogP contribution >= 0.6 is 0 Å². The van der Waals surface area contributed by atoms with Crippen molar-refractivity contribution in [2.45, 2.75) is 64.4 Å². The molecule has 0 aromatic rings. The molecule has 0 bridgehead atoms. The van der Waals surface area contributed by atoms with Crippen molar-refractivity contribution >= 4 is 11.9 Å². The molecule has 0 amide bonds. The van der Waals surface area contributed by atoms with Gasteiger partial charge in [-0.15, -0.1) is 0 Å². The van der Waals surface area contributed by atoms with Gasteiger partial charge in [0.15, 0.2) is 0 Å². The largest absolute Gasteiger partial charge is 0.481 e. The van der Waals surface area contributed by atoms with Crippen LogP contribution in [0.25, 0.3) is 0 Å². The number of hydrogen-bond donors (Lipinski definition) is 3. The monoisotopic (exact) mass is 364 g/mol.